The van der Waals surface area contributed by atoms with Crippen molar-refractivity contribution in [2.45, 2.75) is 112 Å². The van der Waals surface area contributed by atoms with Crippen LogP contribution in [0, 0.1) is 62.6 Å². The minimum atomic E-state index is -0.874. The molecule has 0 bridgehead atoms. The number of allylic oxidation sites excluding steroid dienone is 3. The summed E-state index contributed by atoms with van der Waals surface area (Å²) >= 11 is 0. The molecule has 290 valence electrons. The lowest BCUT2D eigenvalue weighted by Crippen LogP contribution is -2.65. The number of amides is 1. The Morgan fingerprint density at radius 3 is 2.28 bits per heavy atom. The van der Waals surface area contributed by atoms with E-state index in [1.807, 2.05) is 24.0 Å². The van der Waals surface area contributed by atoms with Crippen molar-refractivity contribution in [3.05, 3.63) is 54.1 Å². The Labute approximate surface area is 318 Å². The molecule has 7 nitrogen and oxygen atoms in total. The summed E-state index contributed by atoms with van der Waals surface area (Å²) in [4.78, 5) is 39.1. The molecule has 1 aromatic rings. The van der Waals surface area contributed by atoms with Crippen LogP contribution in [0.3, 0.4) is 0 Å². The van der Waals surface area contributed by atoms with Crippen molar-refractivity contribution in [3.8, 4) is 0 Å². The van der Waals surface area contributed by atoms with Crippen molar-refractivity contribution in [1.29, 1.82) is 0 Å². The zero-order chi connectivity index (χ0) is 38.0. The lowest BCUT2D eigenvalue weighted by Gasteiger charge is -2.72. The summed E-state index contributed by atoms with van der Waals surface area (Å²) in [5.41, 5.74) is 3.81. The predicted octanol–water partition coefficient (Wildman–Crippen LogP) is 9.04. The Morgan fingerprint density at radius 1 is 0.906 bits per heavy atom. The highest BCUT2D eigenvalue weighted by Crippen LogP contribution is 2.77. The first kappa shape index (κ1) is 38.3. The van der Waals surface area contributed by atoms with Crippen LogP contribution in [-0.4, -0.2) is 60.6 Å². The highest BCUT2D eigenvalue weighted by atomic mass is 16.5. The lowest BCUT2D eigenvalue weighted by molar-refractivity contribution is -0.224. The van der Waals surface area contributed by atoms with E-state index in [0.29, 0.717) is 74.2 Å². The average Bonchev–Trinajstić information content (AvgIpc) is 3.50. The molecule has 0 unspecified atom stereocenters. The van der Waals surface area contributed by atoms with Gasteiger partial charge in [0.15, 0.2) is 0 Å². The van der Waals surface area contributed by atoms with Gasteiger partial charge in [0.25, 0.3) is 0 Å². The number of hydrogen-bond acceptors (Lipinski definition) is 5. The zero-order valence-electron chi connectivity index (χ0n) is 33.5. The number of aromatic carboxylic acids is 1. The summed E-state index contributed by atoms with van der Waals surface area (Å²) in [7, 11) is 0. The maximum atomic E-state index is 13.4. The van der Waals surface area contributed by atoms with Crippen molar-refractivity contribution in [1.82, 2.24) is 10.2 Å². The standard InChI is InChI=1S/C46H66N2O5/c1-8-30-16-23-46(29-47-28-38(49)48-26-19-33(20-27-48)41(52)53-9-2)25-24-44(6)35(39(30)46)14-15-37-43(5)21-17-34(31-10-12-32(13-11-31)40(50)51)42(3,4)36(43)18-22-45(37,44)7/h8,10-13,17,30,33,35-37,39,47H,1,9,14-16,18-29H2,2-7H3,(H,50,51)/t30-,35-,36+,37-,39-,43+,44-,45-,46-/m1/s1. The number of piperidine rings is 1. The summed E-state index contributed by atoms with van der Waals surface area (Å²) in [5.74, 6) is 2.06. The van der Waals surface area contributed by atoms with E-state index in [-0.39, 0.29) is 44.9 Å². The van der Waals surface area contributed by atoms with E-state index in [9.17, 15) is 19.5 Å². The minimum absolute atomic E-state index is 0.00215. The van der Waals surface area contributed by atoms with Gasteiger partial charge in [-0.05, 0) is 157 Å². The van der Waals surface area contributed by atoms with Crippen LogP contribution in [0.1, 0.15) is 128 Å². The Hall–Kier alpha value is -2.93. The molecule has 1 aliphatic heterocycles. The molecule has 4 saturated carbocycles. The fourth-order valence-corrected chi connectivity index (χ4v) is 14.4. The van der Waals surface area contributed by atoms with E-state index >= 15 is 0 Å². The van der Waals surface area contributed by atoms with Crippen molar-refractivity contribution in [3.63, 3.8) is 0 Å². The predicted molar refractivity (Wildman–Crippen MR) is 210 cm³/mol. The van der Waals surface area contributed by atoms with Crippen LogP contribution in [0.25, 0.3) is 5.57 Å². The van der Waals surface area contributed by atoms with Gasteiger partial charge in [-0.3, -0.25) is 9.59 Å². The van der Waals surface area contributed by atoms with Crippen LogP contribution < -0.4 is 5.32 Å². The molecule has 9 atom stereocenters. The number of carboxylic acid groups (broad SMARTS) is 1. The van der Waals surface area contributed by atoms with Crippen LogP contribution in [0.5, 0.6) is 0 Å². The van der Waals surface area contributed by atoms with Gasteiger partial charge in [-0.1, -0.05) is 58.9 Å². The topological polar surface area (TPSA) is 95.9 Å². The van der Waals surface area contributed by atoms with Crippen LogP contribution >= 0.6 is 0 Å². The highest BCUT2D eigenvalue weighted by Gasteiger charge is 2.70. The lowest BCUT2D eigenvalue weighted by atomic mass is 9.32. The number of carboxylic acids is 1. The molecule has 5 aliphatic carbocycles. The third-order valence-corrected chi connectivity index (χ3v) is 17.2. The maximum absolute atomic E-state index is 13.4. The number of carbonyl (C=O) groups is 3. The second kappa shape index (κ2) is 14.0. The second-order valence-electron chi connectivity index (χ2n) is 19.4. The van der Waals surface area contributed by atoms with Gasteiger partial charge >= 0.3 is 11.9 Å². The normalized spacial score (nSPS) is 39.1. The first-order valence-corrected chi connectivity index (χ1v) is 21.0. The molecular weight excluding hydrogens is 661 g/mol. The Balaban J connectivity index is 1.07. The zero-order valence-corrected chi connectivity index (χ0v) is 33.5. The molecule has 1 heterocycles. The van der Waals surface area contributed by atoms with Gasteiger partial charge in [0.1, 0.15) is 0 Å². The molecule has 7 heteroatoms. The van der Waals surface area contributed by atoms with Gasteiger partial charge in [0.2, 0.25) is 5.91 Å². The Kier molecular flexibility index (Phi) is 10.1. The third-order valence-electron chi connectivity index (χ3n) is 17.2. The summed E-state index contributed by atoms with van der Waals surface area (Å²) in [5, 5.41) is 13.2. The molecule has 0 spiro atoms. The van der Waals surface area contributed by atoms with Gasteiger partial charge in [0.05, 0.1) is 24.6 Å². The van der Waals surface area contributed by atoms with Gasteiger partial charge in [-0.15, -0.1) is 6.58 Å². The SMILES string of the molecule is C=C[C@@H]1CC[C@]2(CNCC(=O)N3CCC(C(=O)OCC)CC3)CC[C@]3(C)[C@H](CC[C@@H]4[C@@]5(C)CC=C(c6ccc(C(=O)O)cc6)C(C)(C)[C@@H]5CC[C@]43C)[C@@H]12. The number of benzene rings is 1. The van der Waals surface area contributed by atoms with Crippen molar-refractivity contribution in [2.24, 2.45) is 62.6 Å². The fourth-order valence-electron chi connectivity index (χ4n) is 14.4. The van der Waals surface area contributed by atoms with E-state index < -0.39 is 5.97 Å². The first-order chi connectivity index (χ1) is 25.1. The molecule has 7 rings (SSSR count). The molecule has 6 aliphatic rings. The number of carbonyl (C=O) groups excluding carboxylic acids is 2. The van der Waals surface area contributed by atoms with E-state index in [1.54, 1.807) is 12.1 Å². The highest BCUT2D eigenvalue weighted by molar-refractivity contribution is 5.88. The van der Waals surface area contributed by atoms with Crippen molar-refractivity contribution < 1.29 is 24.2 Å². The summed E-state index contributed by atoms with van der Waals surface area (Å²) in [6.07, 6.45) is 17.2. The Bertz CT molecular complexity index is 1620. The summed E-state index contributed by atoms with van der Waals surface area (Å²) < 4.78 is 5.23. The molecule has 1 saturated heterocycles. The van der Waals surface area contributed by atoms with Gasteiger partial charge in [0, 0.05) is 19.6 Å². The summed E-state index contributed by atoms with van der Waals surface area (Å²) in [6, 6.07) is 7.56. The number of likely N-dealkylation sites (tertiary alicyclic amines) is 1. The van der Waals surface area contributed by atoms with Crippen LogP contribution in [0.15, 0.2) is 43.0 Å². The molecule has 53 heavy (non-hydrogen) atoms. The van der Waals surface area contributed by atoms with E-state index in [4.69, 9.17) is 4.74 Å². The Morgan fingerprint density at radius 2 is 1.62 bits per heavy atom. The quantitative estimate of drug-likeness (QED) is 0.195. The molecule has 2 N–H and O–H groups in total. The molecule has 5 fully saturated rings. The molecule has 1 amide bonds. The number of rotatable bonds is 9. The van der Waals surface area contributed by atoms with Crippen molar-refractivity contribution in [2.75, 3.05) is 32.8 Å². The van der Waals surface area contributed by atoms with E-state index in [1.165, 1.54) is 62.5 Å². The van der Waals surface area contributed by atoms with E-state index in [2.05, 4.69) is 58.7 Å². The van der Waals surface area contributed by atoms with E-state index in [0.717, 1.165) is 13.0 Å². The molecular formula is C46H66N2O5. The number of nitrogens with one attached hydrogen (secondary N) is 1. The number of fused-ring (bicyclic) bond motifs is 7. The summed E-state index contributed by atoms with van der Waals surface area (Å²) in [6.45, 7) is 22.1. The monoisotopic (exact) mass is 726 g/mol. The smallest absolute Gasteiger partial charge is 0.335 e. The fraction of sp³-hybridized carbons (Fsp3) is 0.717. The minimum Gasteiger partial charge on any atom is -0.478 e. The molecule has 0 radical (unpaired) electrons. The number of hydrogen-bond donors (Lipinski definition) is 2. The number of esters is 1. The van der Waals surface area contributed by atoms with Crippen molar-refractivity contribution >= 4 is 23.4 Å². The van der Waals surface area contributed by atoms with Gasteiger partial charge < -0.3 is 20.1 Å². The van der Waals surface area contributed by atoms with Gasteiger partial charge in [-0.2, -0.15) is 0 Å². The molecule has 1 aromatic carbocycles. The van der Waals surface area contributed by atoms with Crippen LogP contribution in [-0.2, 0) is 14.3 Å². The molecule has 0 aromatic heterocycles. The first-order valence-electron chi connectivity index (χ1n) is 21.0. The second-order valence-corrected chi connectivity index (χ2v) is 19.4. The largest absolute Gasteiger partial charge is 0.478 e. The van der Waals surface area contributed by atoms with Crippen LogP contribution in [0.2, 0.25) is 0 Å². The third kappa shape index (κ3) is 6.05. The number of ether oxygens (including phenoxy) is 1. The van der Waals surface area contributed by atoms with Gasteiger partial charge in [-0.25, -0.2) is 4.79 Å². The average molecular weight is 727 g/mol. The maximum Gasteiger partial charge on any atom is 0.335 e. The number of nitrogens with zero attached hydrogens (tertiary/aromatic N) is 1. The van der Waals surface area contributed by atoms with Crippen LogP contribution in [0.4, 0.5) is 0 Å².